The van der Waals surface area contributed by atoms with E-state index in [0.717, 1.165) is 38.8 Å². The van der Waals surface area contributed by atoms with Crippen molar-refractivity contribution in [2.75, 3.05) is 31.6 Å². The van der Waals surface area contributed by atoms with Crippen LogP contribution in [0.15, 0.2) is 36.5 Å². The van der Waals surface area contributed by atoms with Gasteiger partial charge >= 0.3 is 0 Å². The first-order chi connectivity index (χ1) is 18.0. The number of thiocarbonyl (C=S) groups is 1. The lowest BCUT2D eigenvalue weighted by molar-refractivity contribution is -0.121. The minimum absolute atomic E-state index is 0. The fourth-order valence-electron chi connectivity index (χ4n) is 4.51. The molecule has 0 atom stereocenters. The summed E-state index contributed by atoms with van der Waals surface area (Å²) < 4.78 is 26.8. The Labute approximate surface area is 235 Å². The Kier molecular flexibility index (Phi) is 9.48. The van der Waals surface area contributed by atoms with E-state index < -0.39 is 5.82 Å². The third kappa shape index (κ3) is 6.76. The molecule has 2 aliphatic heterocycles. The van der Waals surface area contributed by atoms with Crippen LogP contribution >= 0.6 is 36.0 Å². The predicted molar refractivity (Wildman–Crippen MR) is 151 cm³/mol. The number of anilines is 1. The van der Waals surface area contributed by atoms with Crippen LogP contribution in [0.4, 0.5) is 10.1 Å². The van der Waals surface area contributed by atoms with Gasteiger partial charge in [-0.15, -0.1) is 23.7 Å². The van der Waals surface area contributed by atoms with Crippen LogP contribution in [0.1, 0.15) is 41.8 Å². The van der Waals surface area contributed by atoms with Crippen molar-refractivity contribution in [3.05, 3.63) is 47.2 Å². The van der Waals surface area contributed by atoms with Crippen LogP contribution in [0.3, 0.4) is 0 Å². The van der Waals surface area contributed by atoms with E-state index in [1.54, 1.807) is 24.4 Å². The Morgan fingerprint density at radius 1 is 1.16 bits per heavy atom. The van der Waals surface area contributed by atoms with E-state index in [0.29, 0.717) is 46.2 Å². The SMILES string of the molecule is Cl.O=C(CC1CCOCC1)NC(=S)Nc1ccc(Oc2ccnc3cc(C(=O)N4CCCC4)sc23)c(F)c1. The maximum absolute atomic E-state index is 14.9. The van der Waals surface area contributed by atoms with Crippen molar-refractivity contribution in [3.8, 4) is 11.5 Å². The summed E-state index contributed by atoms with van der Waals surface area (Å²) in [6.07, 6.45) is 5.68. The summed E-state index contributed by atoms with van der Waals surface area (Å²) in [5.41, 5.74) is 1.02. The third-order valence-corrected chi connectivity index (χ3v) is 7.79. The summed E-state index contributed by atoms with van der Waals surface area (Å²) in [5.74, 6) is -0.0627. The number of likely N-dealkylation sites (tertiary alicyclic amines) is 1. The molecule has 38 heavy (non-hydrogen) atoms. The average Bonchev–Trinajstić information content (AvgIpc) is 3.57. The number of hydrogen-bond acceptors (Lipinski definition) is 7. The number of carbonyl (C=O) groups excluding carboxylic acids is 2. The minimum Gasteiger partial charge on any atom is -0.453 e. The quantitative estimate of drug-likeness (QED) is 0.372. The molecule has 8 nitrogen and oxygen atoms in total. The summed E-state index contributed by atoms with van der Waals surface area (Å²) in [6, 6.07) is 7.76. The number of nitrogens with one attached hydrogen (secondary N) is 2. The highest BCUT2D eigenvalue weighted by atomic mass is 35.5. The van der Waals surface area contributed by atoms with Gasteiger partial charge in [-0.1, -0.05) is 0 Å². The van der Waals surface area contributed by atoms with Crippen LogP contribution in [0.5, 0.6) is 11.5 Å². The number of ether oxygens (including phenoxy) is 2. The van der Waals surface area contributed by atoms with Gasteiger partial charge in [-0.2, -0.15) is 0 Å². The predicted octanol–water partition coefficient (Wildman–Crippen LogP) is 5.52. The van der Waals surface area contributed by atoms with Gasteiger partial charge in [0.2, 0.25) is 5.91 Å². The lowest BCUT2D eigenvalue weighted by atomic mass is 9.96. The second-order valence-electron chi connectivity index (χ2n) is 9.14. The lowest BCUT2D eigenvalue weighted by Crippen LogP contribution is -2.35. The Morgan fingerprint density at radius 2 is 1.92 bits per heavy atom. The maximum atomic E-state index is 14.9. The summed E-state index contributed by atoms with van der Waals surface area (Å²) in [7, 11) is 0. The molecule has 0 unspecified atom stereocenters. The topological polar surface area (TPSA) is 92.8 Å². The van der Waals surface area contributed by atoms with Crippen LogP contribution in [0.2, 0.25) is 0 Å². The molecule has 12 heteroatoms. The smallest absolute Gasteiger partial charge is 0.264 e. The molecule has 3 aromatic rings. The number of nitrogens with zero attached hydrogens (tertiary/aromatic N) is 2. The Hall–Kier alpha value is -2.86. The van der Waals surface area contributed by atoms with Gasteiger partial charge in [-0.05, 0) is 62.0 Å². The summed E-state index contributed by atoms with van der Waals surface area (Å²) in [5, 5.41) is 5.60. The number of hydrogen-bond donors (Lipinski definition) is 2. The van der Waals surface area contributed by atoms with E-state index in [2.05, 4.69) is 15.6 Å². The Balaban J connectivity index is 0.00000336. The molecule has 1 aromatic carbocycles. The molecule has 2 aromatic heterocycles. The average molecular weight is 579 g/mol. The van der Waals surface area contributed by atoms with Crippen LogP contribution < -0.4 is 15.4 Å². The van der Waals surface area contributed by atoms with Crippen molar-refractivity contribution in [2.24, 2.45) is 5.92 Å². The van der Waals surface area contributed by atoms with E-state index in [4.69, 9.17) is 21.7 Å². The number of fused-ring (bicyclic) bond motifs is 1. The molecule has 2 fully saturated rings. The van der Waals surface area contributed by atoms with Crippen molar-refractivity contribution in [1.29, 1.82) is 0 Å². The highest BCUT2D eigenvalue weighted by molar-refractivity contribution is 7.80. The molecule has 2 amide bonds. The first-order valence-corrected chi connectivity index (χ1v) is 13.5. The Morgan fingerprint density at radius 3 is 2.66 bits per heavy atom. The third-order valence-electron chi connectivity index (χ3n) is 6.46. The number of rotatable bonds is 6. The van der Waals surface area contributed by atoms with Gasteiger partial charge in [0.25, 0.3) is 5.91 Å². The van der Waals surface area contributed by atoms with E-state index in [-0.39, 0.29) is 41.0 Å². The van der Waals surface area contributed by atoms with Crippen molar-refractivity contribution in [1.82, 2.24) is 15.2 Å². The van der Waals surface area contributed by atoms with Crippen LogP contribution in [0.25, 0.3) is 10.2 Å². The summed E-state index contributed by atoms with van der Waals surface area (Å²) in [4.78, 5) is 31.8. The van der Waals surface area contributed by atoms with Crippen LogP contribution in [0, 0.1) is 11.7 Å². The van der Waals surface area contributed by atoms with Gasteiger partial charge in [0.15, 0.2) is 16.7 Å². The van der Waals surface area contributed by atoms with Gasteiger partial charge in [-0.25, -0.2) is 4.39 Å². The molecule has 0 spiro atoms. The Bertz CT molecular complexity index is 1330. The fraction of sp³-hybridized carbons (Fsp3) is 0.385. The van der Waals surface area contributed by atoms with Gasteiger partial charge in [0.1, 0.15) is 5.75 Å². The first kappa shape index (κ1) is 28.2. The number of aromatic nitrogens is 1. The number of carbonyl (C=O) groups is 2. The van der Waals surface area contributed by atoms with E-state index >= 15 is 0 Å². The van der Waals surface area contributed by atoms with Gasteiger partial charge < -0.3 is 25.0 Å². The monoisotopic (exact) mass is 578 g/mol. The molecular formula is C26H28ClFN4O4S2. The van der Waals surface area contributed by atoms with Crippen LogP contribution in [-0.2, 0) is 9.53 Å². The molecule has 2 aliphatic rings. The zero-order chi connectivity index (χ0) is 25.8. The lowest BCUT2D eigenvalue weighted by Gasteiger charge is -2.21. The zero-order valence-electron chi connectivity index (χ0n) is 20.5. The van der Waals surface area contributed by atoms with Gasteiger partial charge in [0.05, 0.1) is 15.1 Å². The molecule has 0 radical (unpaired) electrons. The van der Waals surface area contributed by atoms with E-state index in [9.17, 15) is 14.0 Å². The molecule has 202 valence electrons. The number of thiophene rings is 1. The second kappa shape index (κ2) is 12.8. The van der Waals surface area contributed by atoms with E-state index in [1.165, 1.54) is 23.5 Å². The first-order valence-electron chi connectivity index (χ1n) is 12.3. The van der Waals surface area contributed by atoms with Crippen molar-refractivity contribution >= 4 is 68.8 Å². The number of benzene rings is 1. The highest BCUT2D eigenvalue weighted by Gasteiger charge is 2.23. The second-order valence-corrected chi connectivity index (χ2v) is 10.6. The zero-order valence-corrected chi connectivity index (χ0v) is 23.0. The molecular weight excluding hydrogens is 551 g/mol. The summed E-state index contributed by atoms with van der Waals surface area (Å²) in [6.45, 7) is 2.87. The van der Waals surface area contributed by atoms with Crippen molar-refractivity contribution < 1.29 is 23.5 Å². The fourth-order valence-corrected chi connectivity index (χ4v) is 5.77. The van der Waals surface area contributed by atoms with Crippen molar-refractivity contribution in [2.45, 2.75) is 32.1 Å². The molecule has 0 bridgehead atoms. The normalized spacial score (nSPS) is 15.7. The highest BCUT2D eigenvalue weighted by Crippen LogP contribution is 2.36. The van der Waals surface area contributed by atoms with Crippen LogP contribution in [-0.4, -0.2) is 53.1 Å². The molecule has 0 saturated carbocycles. The van der Waals surface area contributed by atoms with Gasteiger partial charge in [-0.3, -0.25) is 14.6 Å². The molecule has 2 saturated heterocycles. The standard InChI is InChI=1S/C26H27FN4O4S2.ClH/c27-18-14-17(29-26(36)30-23(32)13-16-6-11-34-12-7-16)3-4-20(18)35-21-5-8-28-19-15-22(37-24(19)21)25(33)31-9-1-2-10-31;/h3-5,8,14-16H,1-2,6-7,9-13H2,(H2,29,30,32,36);1H. The minimum atomic E-state index is -0.601. The van der Waals surface area contributed by atoms with E-state index in [1.807, 2.05) is 4.90 Å². The maximum Gasteiger partial charge on any atom is 0.264 e. The molecule has 0 aliphatic carbocycles. The number of halogens is 2. The number of amides is 2. The number of pyridine rings is 1. The largest absolute Gasteiger partial charge is 0.453 e. The van der Waals surface area contributed by atoms with Gasteiger partial charge in [0, 0.05) is 56.7 Å². The molecule has 4 heterocycles. The van der Waals surface area contributed by atoms with Crippen molar-refractivity contribution in [3.63, 3.8) is 0 Å². The molecule has 5 rings (SSSR count). The summed E-state index contributed by atoms with van der Waals surface area (Å²) >= 11 is 6.51. The molecule has 2 N–H and O–H groups in total.